The van der Waals surface area contributed by atoms with E-state index in [4.69, 9.17) is 4.74 Å². The molecule has 140 valence electrons. The number of carbonyl (C=O) groups is 2. The van der Waals surface area contributed by atoms with Crippen LogP contribution in [-0.4, -0.2) is 18.4 Å². The van der Waals surface area contributed by atoms with Gasteiger partial charge in [0, 0.05) is 0 Å². The zero-order chi connectivity index (χ0) is 19.4. The predicted octanol–water partition coefficient (Wildman–Crippen LogP) is 5.87. The average molecular weight is 347 g/mol. The quantitative estimate of drug-likeness (QED) is 0.163. The Bertz CT molecular complexity index is 578. The van der Waals surface area contributed by atoms with Gasteiger partial charge in [-0.2, -0.15) is 0 Å². The Balaban J connectivity index is 5.32. The summed E-state index contributed by atoms with van der Waals surface area (Å²) in [6, 6.07) is 0. The van der Waals surface area contributed by atoms with Gasteiger partial charge in [-0.25, -0.2) is 4.79 Å². The third-order valence-electron chi connectivity index (χ3n) is 3.69. The van der Waals surface area contributed by atoms with Gasteiger partial charge in [0.15, 0.2) is 5.78 Å². The van der Waals surface area contributed by atoms with Crippen LogP contribution < -0.4 is 0 Å². The van der Waals surface area contributed by atoms with E-state index in [1.54, 1.807) is 13.0 Å². The minimum atomic E-state index is -0.518. The van der Waals surface area contributed by atoms with Gasteiger partial charge in [-0.3, -0.25) is 4.79 Å². The number of hydrogen-bond acceptors (Lipinski definition) is 3. The van der Waals surface area contributed by atoms with Crippen LogP contribution >= 0.6 is 0 Å². The summed E-state index contributed by atoms with van der Waals surface area (Å²) in [6.07, 6.45) is 9.03. The molecule has 25 heavy (non-hydrogen) atoms. The third-order valence-corrected chi connectivity index (χ3v) is 3.69. The molecule has 0 saturated heterocycles. The van der Waals surface area contributed by atoms with Crippen molar-refractivity contribution >= 4 is 11.8 Å². The predicted molar refractivity (Wildman–Crippen MR) is 105 cm³/mol. The van der Waals surface area contributed by atoms with E-state index in [0.717, 1.165) is 30.4 Å². The molecule has 0 atom stereocenters. The van der Waals surface area contributed by atoms with E-state index < -0.39 is 5.97 Å². The standard InChI is InChI=1S/C22H34O3/c1-8-25-22(24)21(19(7)14-10-12-17(4)5)20(23)15-18(6)13-9-11-16(2)3/h11-12,15H,8-10,13-14H2,1-7H3/b18-15+,21-19+. The van der Waals surface area contributed by atoms with E-state index in [9.17, 15) is 9.59 Å². The van der Waals surface area contributed by atoms with Crippen LogP contribution in [0.15, 0.2) is 46.1 Å². The fraction of sp³-hybridized carbons (Fsp3) is 0.545. The second-order valence-electron chi connectivity index (χ2n) is 6.87. The number of ketones is 1. The van der Waals surface area contributed by atoms with Crippen molar-refractivity contribution in [1.29, 1.82) is 0 Å². The maximum Gasteiger partial charge on any atom is 0.342 e. The van der Waals surface area contributed by atoms with Crippen LogP contribution in [0.4, 0.5) is 0 Å². The highest BCUT2D eigenvalue weighted by Crippen LogP contribution is 2.17. The zero-order valence-corrected chi connectivity index (χ0v) is 17.0. The summed E-state index contributed by atoms with van der Waals surface area (Å²) in [4.78, 5) is 24.9. The molecule has 0 fully saturated rings. The fourth-order valence-corrected chi connectivity index (χ4v) is 2.35. The highest BCUT2D eigenvalue weighted by Gasteiger charge is 2.20. The fourth-order valence-electron chi connectivity index (χ4n) is 2.35. The number of carbonyl (C=O) groups excluding carboxylic acids is 2. The zero-order valence-electron chi connectivity index (χ0n) is 17.0. The Hall–Kier alpha value is -1.90. The highest BCUT2D eigenvalue weighted by atomic mass is 16.5. The largest absolute Gasteiger partial charge is 0.462 e. The van der Waals surface area contributed by atoms with Crippen LogP contribution in [-0.2, 0) is 14.3 Å². The van der Waals surface area contributed by atoms with Crippen LogP contribution in [0.3, 0.4) is 0 Å². The van der Waals surface area contributed by atoms with Gasteiger partial charge >= 0.3 is 5.97 Å². The van der Waals surface area contributed by atoms with Crippen molar-refractivity contribution < 1.29 is 14.3 Å². The van der Waals surface area contributed by atoms with Crippen LogP contribution in [0.1, 0.15) is 74.1 Å². The summed E-state index contributed by atoms with van der Waals surface area (Å²) < 4.78 is 5.10. The topological polar surface area (TPSA) is 43.4 Å². The molecule has 3 nitrogen and oxygen atoms in total. The van der Waals surface area contributed by atoms with Crippen molar-refractivity contribution in [3.05, 3.63) is 46.1 Å². The molecule has 0 aromatic carbocycles. The van der Waals surface area contributed by atoms with E-state index >= 15 is 0 Å². The molecule has 0 aliphatic carbocycles. The van der Waals surface area contributed by atoms with Gasteiger partial charge in [0.05, 0.1) is 6.61 Å². The van der Waals surface area contributed by atoms with Crippen molar-refractivity contribution in [3.63, 3.8) is 0 Å². The monoisotopic (exact) mass is 346 g/mol. The molecule has 0 spiro atoms. The smallest absolute Gasteiger partial charge is 0.342 e. The van der Waals surface area contributed by atoms with Gasteiger partial charge in [0.25, 0.3) is 0 Å². The first kappa shape index (κ1) is 23.1. The minimum absolute atomic E-state index is 0.186. The number of rotatable bonds is 10. The van der Waals surface area contributed by atoms with Gasteiger partial charge < -0.3 is 4.74 Å². The summed E-state index contributed by atoms with van der Waals surface area (Å²) in [5.74, 6) is -0.765. The second-order valence-corrected chi connectivity index (χ2v) is 6.87. The molecule has 0 amide bonds. The molecule has 0 unspecified atom stereocenters. The van der Waals surface area contributed by atoms with Crippen molar-refractivity contribution in [2.75, 3.05) is 6.61 Å². The molecule has 0 heterocycles. The maximum absolute atomic E-state index is 12.6. The van der Waals surface area contributed by atoms with E-state index in [1.807, 2.05) is 27.7 Å². The molecule has 0 radical (unpaired) electrons. The SMILES string of the molecule is CCOC(=O)/C(C(=O)/C=C(\C)CCC=C(C)C)=C(\C)CCC=C(C)C. The molecule has 0 aromatic heterocycles. The third kappa shape index (κ3) is 10.5. The van der Waals surface area contributed by atoms with Crippen molar-refractivity contribution in [2.24, 2.45) is 0 Å². The Morgan fingerprint density at radius 1 is 0.840 bits per heavy atom. The van der Waals surface area contributed by atoms with Crippen molar-refractivity contribution in [2.45, 2.75) is 74.1 Å². The Morgan fingerprint density at radius 3 is 1.84 bits per heavy atom. The van der Waals surface area contributed by atoms with E-state index in [-0.39, 0.29) is 18.0 Å². The van der Waals surface area contributed by atoms with Gasteiger partial charge in [-0.05, 0) is 80.2 Å². The number of allylic oxidation sites excluding steroid dienone is 7. The maximum atomic E-state index is 12.6. The summed E-state index contributed by atoms with van der Waals surface area (Å²) in [7, 11) is 0. The molecule has 0 bridgehead atoms. The van der Waals surface area contributed by atoms with Crippen LogP contribution in [0, 0.1) is 0 Å². The van der Waals surface area contributed by atoms with E-state index in [1.165, 1.54) is 11.1 Å². The summed E-state index contributed by atoms with van der Waals surface area (Å²) >= 11 is 0. The lowest BCUT2D eigenvalue weighted by atomic mass is 9.98. The van der Waals surface area contributed by atoms with Gasteiger partial charge in [-0.1, -0.05) is 34.4 Å². The van der Waals surface area contributed by atoms with Crippen LogP contribution in [0.5, 0.6) is 0 Å². The summed E-state index contributed by atoms with van der Waals surface area (Å²) in [5.41, 5.74) is 4.44. The molecule has 0 aromatic rings. The molecular formula is C22H34O3. The number of esters is 1. The molecule has 3 heteroatoms. The average Bonchev–Trinajstić information content (AvgIpc) is 2.46. The first-order chi connectivity index (χ1) is 11.7. The number of hydrogen-bond donors (Lipinski definition) is 0. The van der Waals surface area contributed by atoms with Crippen LogP contribution in [0.2, 0.25) is 0 Å². The summed E-state index contributed by atoms with van der Waals surface area (Å²) in [6.45, 7) is 14.0. The Morgan fingerprint density at radius 2 is 1.36 bits per heavy atom. The Kier molecular flexibility index (Phi) is 11.5. The van der Waals surface area contributed by atoms with E-state index in [2.05, 4.69) is 26.0 Å². The lowest BCUT2D eigenvalue weighted by Gasteiger charge is -2.09. The lowest BCUT2D eigenvalue weighted by Crippen LogP contribution is -2.17. The van der Waals surface area contributed by atoms with Gasteiger partial charge in [-0.15, -0.1) is 0 Å². The molecule has 0 rings (SSSR count). The Labute approximate surface area is 153 Å². The second kappa shape index (κ2) is 12.5. The highest BCUT2D eigenvalue weighted by molar-refractivity contribution is 6.22. The molecular weight excluding hydrogens is 312 g/mol. The first-order valence-electron chi connectivity index (χ1n) is 9.04. The first-order valence-corrected chi connectivity index (χ1v) is 9.04. The lowest BCUT2D eigenvalue weighted by molar-refractivity contribution is -0.139. The molecule has 0 N–H and O–H groups in total. The van der Waals surface area contributed by atoms with E-state index in [0.29, 0.717) is 6.42 Å². The molecule has 0 aliphatic heterocycles. The molecule has 0 saturated carbocycles. The number of ether oxygens (including phenoxy) is 1. The molecule has 0 aliphatic rings. The van der Waals surface area contributed by atoms with Crippen molar-refractivity contribution in [1.82, 2.24) is 0 Å². The summed E-state index contributed by atoms with van der Waals surface area (Å²) in [5, 5.41) is 0. The van der Waals surface area contributed by atoms with Crippen molar-refractivity contribution in [3.8, 4) is 0 Å². The van der Waals surface area contributed by atoms with Gasteiger partial charge in [0.2, 0.25) is 0 Å². The van der Waals surface area contributed by atoms with Gasteiger partial charge in [0.1, 0.15) is 5.57 Å². The normalized spacial score (nSPS) is 12.2. The minimum Gasteiger partial charge on any atom is -0.462 e. The van der Waals surface area contributed by atoms with Crippen LogP contribution in [0.25, 0.3) is 0 Å².